The van der Waals surface area contributed by atoms with Crippen LogP contribution in [0.1, 0.15) is 12.5 Å². The molecule has 1 rings (SSSR count). The van der Waals surface area contributed by atoms with Crippen molar-refractivity contribution in [1.82, 2.24) is 9.29 Å². The number of pyridine rings is 1. The van der Waals surface area contributed by atoms with Gasteiger partial charge in [-0.25, -0.2) is 13.7 Å². The number of halogens is 2. The van der Waals surface area contributed by atoms with Crippen LogP contribution in [0, 0.1) is 5.82 Å². The molecule has 13 heavy (non-hydrogen) atoms. The highest BCUT2D eigenvalue weighted by Gasteiger charge is 2.04. The van der Waals surface area contributed by atoms with Gasteiger partial charge in [-0.1, -0.05) is 31.3 Å². The molecule has 0 spiro atoms. The van der Waals surface area contributed by atoms with E-state index in [0.29, 0.717) is 6.54 Å². The third-order valence-electron chi connectivity index (χ3n) is 1.58. The first-order valence-corrected chi connectivity index (χ1v) is 4.65. The number of aromatic nitrogens is 1. The van der Waals surface area contributed by atoms with Gasteiger partial charge in [0, 0.05) is 19.3 Å². The van der Waals surface area contributed by atoms with Gasteiger partial charge >= 0.3 is 0 Å². The monoisotopic (exact) mass is 220 g/mol. The van der Waals surface area contributed by atoms with Crippen LogP contribution in [0.25, 0.3) is 0 Å². The molecule has 0 unspecified atom stereocenters. The van der Waals surface area contributed by atoms with Crippen molar-refractivity contribution in [3.8, 4) is 0 Å². The fourth-order valence-corrected chi connectivity index (χ4v) is 1.14. The van der Waals surface area contributed by atoms with Crippen molar-refractivity contribution >= 4 is 24.4 Å². The third-order valence-corrected chi connectivity index (χ3v) is 2.29. The Morgan fingerprint density at radius 1 is 1.69 bits per heavy atom. The van der Waals surface area contributed by atoms with Crippen molar-refractivity contribution in [3.63, 3.8) is 0 Å². The van der Waals surface area contributed by atoms with Gasteiger partial charge in [-0.05, 0) is 11.6 Å². The van der Waals surface area contributed by atoms with E-state index in [1.807, 2.05) is 6.92 Å². The molecule has 0 amide bonds. The van der Waals surface area contributed by atoms with Gasteiger partial charge in [0.05, 0.1) is 0 Å². The van der Waals surface area contributed by atoms with Gasteiger partial charge < -0.3 is 0 Å². The van der Waals surface area contributed by atoms with Gasteiger partial charge in [0.2, 0.25) is 0 Å². The smallest absolute Gasteiger partial charge is 0.164 e. The molecule has 5 heteroatoms. The zero-order valence-electron chi connectivity index (χ0n) is 7.17. The Hall–Kier alpha value is -0.320. The molecular weight excluding hydrogens is 211 g/mol. The summed E-state index contributed by atoms with van der Waals surface area (Å²) in [5.74, 6) is -0.489. The lowest BCUT2D eigenvalue weighted by molar-refractivity contribution is 0.495. The Labute approximate surface area is 87.3 Å². The maximum Gasteiger partial charge on any atom is 0.164 e. The first-order valence-electron chi connectivity index (χ1n) is 3.87. The summed E-state index contributed by atoms with van der Waals surface area (Å²) in [5.41, 5.74) is 0.763. The molecule has 0 aliphatic heterocycles. The first-order chi connectivity index (χ1) is 6.13. The van der Waals surface area contributed by atoms with Gasteiger partial charge in [-0.2, -0.15) is 0 Å². The number of hydrogen-bond acceptors (Lipinski definition) is 3. The summed E-state index contributed by atoms with van der Waals surface area (Å²) < 4.78 is 14.6. The highest BCUT2D eigenvalue weighted by molar-refractivity contribution is 7.77. The van der Waals surface area contributed by atoms with Gasteiger partial charge in [-0.15, -0.1) is 0 Å². The summed E-state index contributed by atoms with van der Waals surface area (Å²) in [5, 5.41) is -0.0917. The number of thiol groups is 1. The summed E-state index contributed by atoms with van der Waals surface area (Å²) in [6.45, 7) is 3.31. The lowest BCUT2D eigenvalue weighted by atomic mass is 10.3. The van der Waals surface area contributed by atoms with Crippen LogP contribution in [0.2, 0.25) is 5.15 Å². The van der Waals surface area contributed by atoms with E-state index >= 15 is 0 Å². The maximum absolute atomic E-state index is 12.9. The minimum Gasteiger partial charge on any atom is -0.249 e. The molecule has 1 aromatic heterocycles. The van der Waals surface area contributed by atoms with Crippen molar-refractivity contribution in [2.75, 3.05) is 6.54 Å². The van der Waals surface area contributed by atoms with Crippen molar-refractivity contribution in [3.05, 3.63) is 28.8 Å². The fraction of sp³-hybridized carbons (Fsp3) is 0.375. The van der Waals surface area contributed by atoms with Crippen LogP contribution in [0.15, 0.2) is 12.3 Å². The predicted molar refractivity (Wildman–Crippen MR) is 54.3 cm³/mol. The van der Waals surface area contributed by atoms with Gasteiger partial charge in [-0.3, -0.25) is 0 Å². The molecule has 0 fully saturated rings. The van der Waals surface area contributed by atoms with E-state index in [2.05, 4.69) is 17.8 Å². The van der Waals surface area contributed by atoms with E-state index in [9.17, 15) is 4.39 Å². The number of nitrogens with zero attached hydrogens (tertiary/aromatic N) is 2. The Kier molecular flexibility index (Phi) is 3.96. The normalized spacial score (nSPS) is 10.8. The standard InChI is InChI=1S/C8H10ClFN2S/c1-2-12(13)5-6-3-7(10)8(9)11-4-6/h3-4,13H,2,5H2,1H3. The zero-order valence-corrected chi connectivity index (χ0v) is 8.82. The second-order valence-corrected chi connectivity index (χ2v) is 3.52. The van der Waals surface area contributed by atoms with E-state index in [0.717, 1.165) is 12.1 Å². The van der Waals surface area contributed by atoms with E-state index in [-0.39, 0.29) is 5.15 Å². The average Bonchev–Trinajstić information content (AvgIpc) is 2.11. The second-order valence-electron chi connectivity index (χ2n) is 2.60. The third kappa shape index (κ3) is 3.14. The molecule has 0 aliphatic rings. The van der Waals surface area contributed by atoms with E-state index in [1.165, 1.54) is 6.07 Å². The molecule has 0 bridgehead atoms. The molecule has 0 radical (unpaired) electrons. The number of rotatable bonds is 3. The van der Waals surface area contributed by atoms with Crippen LogP contribution in [0.5, 0.6) is 0 Å². The summed E-state index contributed by atoms with van der Waals surface area (Å²) in [7, 11) is 0. The molecule has 72 valence electrons. The van der Waals surface area contributed by atoms with Crippen LogP contribution >= 0.6 is 24.4 Å². The largest absolute Gasteiger partial charge is 0.249 e. The van der Waals surface area contributed by atoms with Crippen LogP contribution in [0.3, 0.4) is 0 Å². The predicted octanol–water partition coefficient (Wildman–Crippen LogP) is 2.54. The number of hydrogen-bond donors (Lipinski definition) is 1. The van der Waals surface area contributed by atoms with Crippen LogP contribution < -0.4 is 0 Å². The second kappa shape index (κ2) is 4.79. The molecule has 1 aromatic rings. The van der Waals surface area contributed by atoms with Gasteiger partial charge in [0.1, 0.15) is 0 Å². The molecule has 2 nitrogen and oxygen atoms in total. The minimum atomic E-state index is -0.489. The van der Waals surface area contributed by atoms with Crippen molar-refractivity contribution in [2.45, 2.75) is 13.5 Å². The summed E-state index contributed by atoms with van der Waals surface area (Å²) in [6.07, 6.45) is 1.55. The van der Waals surface area contributed by atoms with Crippen molar-refractivity contribution in [1.29, 1.82) is 0 Å². The lowest BCUT2D eigenvalue weighted by Gasteiger charge is -2.11. The van der Waals surface area contributed by atoms with Crippen molar-refractivity contribution < 1.29 is 4.39 Å². The van der Waals surface area contributed by atoms with E-state index in [4.69, 9.17) is 11.6 Å². The highest BCUT2D eigenvalue weighted by atomic mass is 35.5. The van der Waals surface area contributed by atoms with Crippen LogP contribution in [-0.4, -0.2) is 15.8 Å². The quantitative estimate of drug-likeness (QED) is 0.623. The molecule has 0 aromatic carbocycles. The maximum atomic E-state index is 12.9. The summed E-state index contributed by atoms with van der Waals surface area (Å²) >= 11 is 9.58. The van der Waals surface area contributed by atoms with Crippen molar-refractivity contribution in [2.24, 2.45) is 0 Å². The molecule has 0 aliphatic carbocycles. The van der Waals surface area contributed by atoms with Crippen LogP contribution in [-0.2, 0) is 6.54 Å². The molecule has 0 saturated carbocycles. The SMILES string of the molecule is CCN(S)Cc1cnc(Cl)c(F)c1. The Morgan fingerprint density at radius 3 is 2.92 bits per heavy atom. The minimum absolute atomic E-state index is 0.0917. The van der Waals surface area contributed by atoms with E-state index < -0.39 is 5.82 Å². The summed E-state index contributed by atoms with van der Waals surface area (Å²) in [4.78, 5) is 3.70. The average molecular weight is 221 g/mol. The zero-order chi connectivity index (χ0) is 9.84. The topological polar surface area (TPSA) is 16.1 Å². The molecule has 1 heterocycles. The lowest BCUT2D eigenvalue weighted by Crippen LogP contribution is -2.10. The molecule has 0 atom stereocenters. The first kappa shape index (κ1) is 10.8. The molecule has 0 N–H and O–H groups in total. The Balaban J connectivity index is 2.73. The molecular formula is C8H10ClFN2S. The Morgan fingerprint density at radius 2 is 2.38 bits per heavy atom. The van der Waals surface area contributed by atoms with Crippen LogP contribution in [0.4, 0.5) is 4.39 Å². The van der Waals surface area contributed by atoms with Gasteiger partial charge in [0.25, 0.3) is 0 Å². The fourth-order valence-electron chi connectivity index (χ4n) is 0.870. The van der Waals surface area contributed by atoms with E-state index in [1.54, 1.807) is 10.5 Å². The highest BCUT2D eigenvalue weighted by Crippen LogP contribution is 2.13. The molecule has 0 saturated heterocycles. The summed E-state index contributed by atoms with van der Waals surface area (Å²) in [6, 6.07) is 1.37. The van der Waals surface area contributed by atoms with Gasteiger partial charge in [0.15, 0.2) is 11.0 Å². The Bertz CT molecular complexity index is 295.